The molecule has 0 saturated heterocycles. The van der Waals surface area contributed by atoms with Crippen LogP contribution in [0, 0.1) is 13.8 Å². The third-order valence-electron chi connectivity index (χ3n) is 2.96. The Morgan fingerprint density at radius 3 is 2.33 bits per heavy atom. The first-order valence-electron chi connectivity index (χ1n) is 5.83. The van der Waals surface area contributed by atoms with E-state index < -0.39 is 0 Å². The molecule has 0 saturated carbocycles. The van der Waals surface area contributed by atoms with Gasteiger partial charge in [-0.3, -0.25) is 9.97 Å². The van der Waals surface area contributed by atoms with Crippen molar-refractivity contribution in [3.8, 4) is 0 Å². The highest BCUT2D eigenvalue weighted by atomic mass is 79.9. The van der Waals surface area contributed by atoms with E-state index in [4.69, 9.17) is 0 Å². The smallest absolute Gasteiger partial charge is 0.0801 e. The largest absolute Gasteiger partial charge is 0.308 e. The molecular formula is C14H16BrN3. The first-order chi connectivity index (χ1) is 8.63. The Labute approximate surface area is 116 Å². The highest BCUT2D eigenvalue weighted by Gasteiger charge is 2.15. The molecule has 2 rings (SSSR count). The molecule has 2 aromatic rings. The minimum Gasteiger partial charge on any atom is -0.308 e. The molecule has 0 radical (unpaired) electrons. The molecule has 18 heavy (non-hydrogen) atoms. The number of benzene rings is 1. The quantitative estimate of drug-likeness (QED) is 0.946. The Hall–Kier alpha value is -1.26. The Morgan fingerprint density at radius 2 is 1.83 bits per heavy atom. The molecule has 1 heterocycles. The average Bonchev–Trinajstić information content (AvgIpc) is 2.38. The van der Waals surface area contributed by atoms with Crippen molar-refractivity contribution in [2.24, 2.45) is 0 Å². The van der Waals surface area contributed by atoms with Crippen LogP contribution in [-0.4, -0.2) is 17.0 Å². The van der Waals surface area contributed by atoms with E-state index in [9.17, 15) is 0 Å². The molecule has 0 amide bonds. The third kappa shape index (κ3) is 2.60. The number of nitrogens with zero attached hydrogens (tertiary/aromatic N) is 2. The molecule has 0 aliphatic carbocycles. The maximum atomic E-state index is 4.37. The minimum absolute atomic E-state index is 0.0733. The lowest BCUT2D eigenvalue weighted by Gasteiger charge is -2.18. The van der Waals surface area contributed by atoms with E-state index in [-0.39, 0.29) is 6.04 Å². The van der Waals surface area contributed by atoms with Crippen LogP contribution in [0.1, 0.15) is 28.4 Å². The third-order valence-corrected chi connectivity index (χ3v) is 4.21. The summed E-state index contributed by atoms with van der Waals surface area (Å²) in [4.78, 5) is 8.50. The number of aryl methyl sites for hydroxylation is 2. The van der Waals surface area contributed by atoms with Gasteiger partial charge in [0, 0.05) is 16.9 Å². The molecule has 1 N–H and O–H groups in total. The van der Waals surface area contributed by atoms with Crippen molar-refractivity contribution in [3.63, 3.8) is 0 Å². The van der Waals surface area contributed by atoms with Crippen molar-refractivity contribution >= 4 is 15.9 Å². The molecule has 1 unspecified atom stereocenters. The molecule has 0 aliphatic heterocycles. The lowest BCUT2D eigenvalue weighted by molar-refractivity contribution is 0.665. The predicted molar refractivity (Wildman–Crippen MR) is 76.6 cm³/mol. The lowest BCUT2D eigenvalue weighted by atomic mass is 9.99. The molecule has 0 bridgehead atoms. The van der Waals surface area contributed by atoms with Crippen LogP contribution in [0.15, 0.2) is 35.2 Å². The van der Waals surface area contributed by atoms with Crippen LogP contribution in [0.5, 0.6) is 0 Å². The second-order valence-corrected chi connectivity index (χ2v) is 5.11. The van der Waals surface area contributed by atoms with Gasteiger partial charge in [-0.2, -0.15) is 0 Å². The molecule has 94 valence electrons. The standard InChI is InChI=1S/C14H16BrN3/c1-9-6-11(7-10(2)13(9)15)14(16-3)12-8-17-4-5-18-12/h4-8,14,16H,1-3H3. The van der Waals surface area contributed by atoms with Crippen LogP contribution in [0.4, 0.5) is 0 Å². The van der Waals surface area contributed by atoms with Crippen LogP contribution in [0.2, 0.25) is 0 Å². The van der Waals surface area contributed by atoms with Crippen molar-refractivity contribution < 1.29 is 0 Å². The molecule has 0 spiro atoms. The number of rotatable bonds is 3. The zero-order valence-electron chi connectivity index (χ0n) is 10.7. The molecule has 1 aromatic heterocycles. The van der Waals surface area contributed by atoms with Crippen LogP contribution in [0.3, 0.4) is 0 Å². The summed E-state index contributed by atoms with van der Waals surface area (Å²) >= 11 is 3.59. The molecule has 1 atom stereocenters. The predicted octanol–water partition coefficient (Wildman–Crippen LogP) is 3.16. The summed E-state index contributed by atoms with van der Waals surface area (Å²) in [5.74, 6) is 0. The maximum Gasteiger partial charge on any atom is 0.0801 e. The van der Waals surface area contributed by atoms with Gasteiger partial charge in [0.05, 0.1) is 17.9 Å². The van der Waals surface area contributed by atoms with Crippen LogP contribution in [-0.2, 0) is 0 Å². The number of hydrogen-bond acceptors (Lipinski definition) is 3. The number of halogens is 1. The summed E-state index contributed by atoms with van der Waals surface area (Å²) in [5, 5.41) is 3.29. The fourth-order valence-corrected chi connectivity index (χ4v) is 2.32. The highest BCUT2D eigenvalue weighted by molar-refractivity contribution is 9.10. The lowest BCUT2D eigenvalue weighted by Crippen LogP contribution is -2.19. The Bertz CT molecular complexity index is 517. The summed E-state index contributed by atoms with van der Waals surface area (Å²) in [6, 6.07) is 4.42. The molecule has 1 aromatic carbocycles. The van der Waals surface area contributed by atoms with E-state index in [2.05, 4.69) is 57.2 Å². The van der Waals surface area contributed by atoms with E-state index in [1.165, 1.54) is 21.2 Å². The first-order valence-corrected chi connectivity index (χ1v) is 6.62. The number of nitrogens with one attached hydrogen (secondary N) is 1. The normalized spacial score (nSPS) is 12.4. The molecule has 4 heteroatoms. The highest BCUT2D eigenvalue weighted by Crippen LogP contribution is 2.27. The second kappa shape index (κ2) is 5.59. The Balaban J connectivity index is 2.46. The summed E-state index contributed by atoms with van der Waals surface area (Å²) in [5.41, 5.74) is 4.60. The van der Waals surface area contributed by atoms with Crippen molar-refractivity contribution in [2.75, 3.05) is 7.05 Å². The van der Waals surface area contributed by atoms with E-state index in [0.29, 0.717) is 0 Å². The Morgan fingerprint density at radius 1 is 1.17 bits per heavy atom. The van der Waals surface area contributed by atoms with Gasteiger partial charge in [-0.1, -0.05) is 28.1 Å². The fourth-order valence-electron chi connectivity index (χ4n) is 2.09. The zero-order valence-corrected chi connectivity index (χ0v) is 12.3. The van der Waals surface area contributed by atoms with Crippen LogP contribution < -0.4 is 5.32 Å². The van der Waals surface area contributed by atoms with Gasteiger partial charge >= 0.3 is 0 Å². The van der Waals surface area contributed by atoms with Gasteiger partial charge in [0.25, 0.3) is 0 Å². The minimum atomic E-state index is 0.0733. The summed E-state index contributed by atoms with van der Waals surface area (Å²) < 4.78 is 1.17. The van der Waals surface area contributed by atoms with E-state index in [0.717, 1.165) is 5.69 Å². The molecule has 3 nitrogen and oxygen atoms in total. The number of hydrogen-bond donors (Lipinski definition) is 1. The summed E-state index contributed by atoms with van der Waals surface area (Å²) in [7, 11) is 1.94. The Kier molecular flexibility index (Phi) is 4.09. The first kappa shape index (κ1) is 13.2. The van der Waals surface area contributed by atoms with Crippen molar-refractivity contribution in [3.05, 3.63) is 57.6 Å². The van der Waals surface area contributed by atoms with Gasteiger partial charge in [0.1, 0.15) is 0 Å². The summed E-state index contributed by atoms with van der Waals surface area (Å²) in [6.07, 6.45) is 5.21. The van der Waals surface area contributed by atoms with Crippen molar-refractivity contribution in [1.82, 2.24) is 15.3 Å². The SMILES string of the molecule is CNC(c1cc(C)c(Br)c(C)c1)c1cnccn1. The van der Waals surface area contributed by atoms with Gasteiger partial charge < -0.3 is 5.32 Å². The van der Waals surface area contributed by atoms with Gasteiger partial charge in [-0.25, -0.2) is 0 Å². The van der Waals surface area contributed by atoms with Gasteiger partial charge in [0.2, 0.25) is 0 Å². The fraction of sp³-hybridized carbons (Fsp3) is 0.286. The van der Waals surface area contributed by atoms with E-state index >= 15 is 0 Å². The van der Waals surface area contributed by atoms with E-state index in [1.807, 2.05) is 7.05 Å². The second-order valence-electron chi connectivity index (χ2n) is 4.32. The molecular weight excluding hydrogens is 290 g/mol. The van der Waals surface area contributed by atoms with Gasteiger partial charge in [-0.15, -0.1) is 0 Å². The van der Waals surface area contributed by atoms with Crippen LogP contribution in [0.25, 0.3) is 0 Å². The van der Waals surface area contributed by atoms with Gasteiger partial charge in [-0.05, 0) is 37.6 Å². The van der Waals surface area contributed by atoms with Crippen molar-refractivity contribution in [2.45, 2.75) is 19.9 Å². The molecule has 0 fully saturated rings. The van der Waals surface area contributed by atoms with Gasteiger partial charge in [0.15, 0.2) is 0 Å². The monoisotopic (exact) mass is 305 g/mol. The number of aromatic nitrogens is 2. The summed E-state index contributed by atoms with van der Waals surface area (Å²) in [6.45, 7) is 4.20. The van der Waals surface area contributed by atoms with E-state index in [1.54, 1.807) is 18.6 Å². The topological polar surface area (TPSA) is 37.8 Å². The maximum absolute atomic E-state index is 4.37. The van der Waals surface area contributed by atoms with Crippen LogP contribution >= 0.6 is 15.9 Å². The zero-order chi connectivity index (χ0) is 13.1. The van der Waals surface area contributed by atoms with Crippen molar-refractivity contribution in [1.29, 1.82) is 0 Å². The average molecular weight is 306 g/mol. The molecule has 0 aliphatic rings.